The van der Waals surface area contributed by atoms with Crippen molar-refractivity contribution in [1.29, 1.82) is 0 Å². The van der Waals surface area contributed by atoms with Crippen LogP contribution in [0.25, 0.3) is 0 Å². The summed E-state index contributed by atoms with van der Waals surface area (Å²) in [6, 6.07) is 3.69. The predicted octanol–water partition coefficient (Wildman–Crippen LogP) is 3.05. The molecule has 19 heavy (non-hydrogen) atoms. The van der Waals surface area contributed by atoms with Gasteiger partial charge in [0.15, 0.2) is 0 Å². The fourth-order valence-corrected chi connectivity index (χ4v) is 1.72. The summed E-state index contributed by atoms with van der Waals surface area (Å²) in [6.07, 6.45) is 6.75. The van der Waals surface area contributed by atoms with Gasteiger partial charge in [-0.25, -0.2) is 9.97 Å². The molecular weight excluding hydrogens is 240 g/mol. The summed E-state index contributed by atoms with van der Waals surface area (Å²) in [4.78, 5) is 12.5. The average Bonchev–Trinajstić information content (AvgIpc) is 2.46. The summed E-state index contributed by atoms with van der Waals surface area (Å²) >= 11 is 0. The lowest BCUT2D eigenvalue weighted by molar-refractivity contribution is 0.453. The maximum atomic E-state index is 5.77. The monoisotopic (exact) mass is 258 g/mol. The molecule has 0 bridgehead atoms. The Hall–Kier alpha value is -2.17. The van der Waals surface area contributed by atoms with E-state index in [2.05, 4.69) is 34.1 Å². The third-order valence-corrected chi connectivity index (χ3v) is 2.65. The van der Waals surface area contributed by atoms with E-state index in [-0.39, 0.29) is 0 Å². The van der Waals surface area contributed by atoms with Gasteiger partial charge < -0.3 is 10.1 Å². The van der Waals surface area contributed by atoms with E-state index >= 15 is 0 Å². The minimum absolute atomic E-state index is 0.587. The van der Waals surface area contributed by atoms with E-state index in [1.54, 1.807) is 12.4 Å². The zero-order valence-electron chi connectivity index (χ0n) is 11.3. The van der Waals surface area contributed by atoms with Crippen molar-refractivity contribution in [3.63, 3.8) is 0 Å². The van der Waals surface area contributed by atoms with E-state index < -0.39 is 0 Å². The number of aromatic nitrogens is 3. The molecular formula is C14H18N4O. The highest BCUT2D eigenvalue weighted by Gasteiger charge is 2.11. The number of ether oxygens (including phenoxy) is 1. The van der Waals surface area contributed by atoms with Gasteiger partial charge in [-0.1, -0.05) is 13.8 Å². The zero-order valence-corrected chi connectivity index (χ0v) is 11.3. The zero-order chi connectivity index (χ0) is 13.5. The number of rotatable bonds is 6. The van der Waals surface area contributed by atoms with E-state index in [9.17, 15) is 0 Å². The van der Waals surface area contributed by atoms with Crippen molar-refractivity contribution in [2.75, 3.05) is 11.9 Å². The van der Waals surface area contributed by atoms with Gasteiger partial charge in [0.1, 0.15) is 17.9 Å². The van der Waals surface area contributed by atoms with E-state index in [1.807, 2.05) is 12.1 Å². The lowest BCUT2D eigenvalue weighted by Crippen LogP contribution is -2.07. The van der Waals surface area contributed by atoms with Crippen LogP contribution in [0.3, 0.4) is 0 Å². The van der Waals surface area contributed by atoms with Gasteiger partial charge in [0.05, 0.1) is 11.8 Å². The number of nitrogens with zero attached hydrogens (tertiary/aromatic N) is 3. The third-order valence-electron chi connectivity index (χ3n) is 2.65. The van der Waals surface area contributed by atoms with Crippen molar-refractivity contribution in [2.24, 2.45) is 0 Å². The Morgan fingerprint density at radius 1 is 1.26 bits per heavy atom. The number of anilines is 1. The molecule has 0 aromatic carbocycles. The fourth-order valence-electron chi connectivity index (χ4n) is 1.72. The molecule has 0 amide bonds. The first kappa shape index (κ1) is 13.3. The van der Waals surface area contributed by atoms with Gasteiger partial charge in [0, 0.05) is 12.7 Å². The molecule has 5 nitrogen and oxygen atoms in total. The molecule has 2 rings (SSSR count). The topological polar surface area (TPSA) is 59.9 Å². The molecule has 5 heteroatoms. The van der Waals surface area contributed by atoms with Crippen LogP contribution in [0, 0.1) is 0 Å². The van der Waals surface area contributed by atoms with Gasteiger partial charge in [0.2, 0.25) is 5.88 Å². The van der Waals surface area contributed by atoms with Gasteiger partial charge in [0.25, 0.3) is 0 Å². The number of hydrogen-bond donors (Lipinski definition) is 1. The van der Waals surface area contributed by atoms with Crippen molar-refractivity contribution < 1.29 is 4.74 Å². The van der Waals surface area contributed by atoms with E-state index in [4.69, 9.17) is 4.74 Å². The van der Waals surface area contributed by atoms with Crippen LogP contribution < -0.4 is 10.1 Å². The Balaban J connectivity index is 2.24. The second-order valence-electron chi connectivity index (χ2n) is 4.08. The highest BCUT2D eigenvalue weighted by molar-refractivity contribution is 5.49. The molecule has 0 atom stereocenters. The molecule has 0 aliphatic rings. The van der Waals surface area contributed by atoms with Crippen molar-refractivity contribution in [2.45, 2.75) is 26.7 Å². The standard InChI is InChI=1S/C14H18N4O/c1-3-7-16-13-12(4-2)14(18-10-17-13)19-11-6-5-8-15-9-11/h5-6,8-10H,3-4,7H2,1-2H3,(H,16,17,18). The quantitative estimate of drug-likeness (QED) is 0.863. The molecule has 1 N–H and O–H groups in total. The normalized spacial score (nSPS) is 10.2. The van der Waals surface area contributed by atoms with Gasteiger partial charge in [-0.3, -0.25) is 4.98 Å². The first-order valence-electron chi connectivity index (χ1n) is 6.50. The van der Waals surface area contributed by atoms with Crippen molar-refractivity contribution in [3.8, 4) is 11.6 Å². The molecule has 0 radical (unpaired) electrons. The summed E-state index contributed by atoms with van der Waals surface area (Å²) in [5.41, 5.74) is 0.986. The maximum Gasteiger partial charge on any atom is 0.227 e. The molecule has 0 saturated carbocycles. The smallest absolute Gasteiger partial charge is 0.227 e. The van der Waals surface area contributed by atoms with Crippen LogP contribution >= 0.6 is 0 Å². The third kappa shape index (κ3) is 3.40. The first-order chi connectivity index (χ1) is 9.35. The second kappa shape index (κ2) is 6.68. The molecule has 100 valence electrons. The van der Waals surface area contributed by atoms with Crippen LogP contribution in [0.1, 0.15) is 25.8 Å². The lowest BCUT2D eigenvalue weighted by atomic mass is 10.2. The number of nitrogens with one attached hydrogen (secondary N) is 1. The molecule has 0 aliphatic carbocycles. The van der Waals surface area contributed by atoms with Crippen LogP contribution in [0.2, 0.25) is 0 Å². The van der Waals surface area contributed by atoms with Gasteiger partial charge in [-0.15, -0.1) is 0 Å². The van der Waals surface area contributed by atoms with E-state index in [0.717, 1.165) is 30.8 Å². The molecule has 2 heterocycles. The van der Waals surface area contributed by atoms with Gasteiger partial charge in [-0.05, 0) is 25.0 Å². The lowest BCUT2D eigenvalue weighted by Gasteiger charge is -2.12. The Morgan fingerprint density at radius 2 is 2.16 bits per heavy atom. The Kier molecular flexibility index (Phi) is 4.66. The molecule has 2 aromatic heterocycles. The van der Waals surface area contributed by atoms with Crippen molar-refractivity contribution in [3.05, 3.63) is 36.4 Å². The highest BCUT2D eigenvalue weighted by atomic mass is 16.5. The molecule has 0 aliphatic heterocycles. The van der Waals surface area contributed by atoms with Crippen LogP contribution in [-0.4, -0.2) is 21.5 Å². The molecule has 0 fully saturated rings. The molecule has 0 saturated heterocycles. The maximum absolute atomic E-state index is 5.77. The number of pyridine rings is 1. The fraction of sp³-hybridized carbons (Fsp3) is 0.357. The van der Waals surface area contributed by atoms with Gasteiger partial charge >= 0.3 is 0 Å². The van der Waals surface area contributed by atoms with Crippen LogP contribution in [0.15, 0.2) is 30.9 Å². The number of hydrogen-bond acceptors (Lipinski definition) is 5. The van der Waals surface area contributed by atoms with E-state index in [0.29, 0.717) is 11.6 Å². The summed E-state index contributed by atoms with van der Waals surface area (Å²) in [7, 11) is 0. The SMILES string of the molecule is CCCNc1ncnc(Oc2cccnc2)c1CC. The average molecular weight is 258 g/mol. The molecule has 0 spiro atoms. The van der Waals surface area contributed by atoms with Crippen LogP contribution in [0.4, 0.5) is 5.82 Å². The van der Waals surface area contributed by atoms with Crippen molar-refractivity contribution >= 4 is 5.82 Å². The van der Waals surface area contributed by atoms with Crippen LogP contribution in [-0.2, 0) is 6.42 Å². The summed E-state index contributed by atoms with van der Waals surface area (Å²) < 4.78 is 5.77. The van der Waals surface area contributed by atoms with Crippen LogP contribution in [0.5, 0.6) is 11.6 Å². The Bertz CT molecular complexity index is 516. The second-order valence-corrected chi connectivity index (χ2v) is 4.08. The summed E-state index contributed by atoms with van der Waals surface area (Å²) in [5, 5.41) is 3.29. The van der Waals surface area contributed by atoms with Crippen molar-refractivity contribution in [1.82, 2.24) is 15.0 Å². The first-order valence-corrected chi connectivity index (χ1v) is 6.50. The minimum atomic E-state index is 0.587. The Labute approximate surface area is 113 Å². The Morgan fingerprint density at radius 3 is 2.84 bits per heavy atom. The highest BCUT2D eigenvalue weighted by Crippen LogP contribution is 2.26. The summed E-state index contributed by atoms with van der Waals surface area (Å²) in [6.45, 7) is 5.06. The molecule has 2 aromatic rings. The van der Waals surface area contributed by atoms with Gasteiger partial charge in [-0.2, -0.15) is 0 Å². The summed E-state index contributed by atoms with van der Waals surface area (Å²) in [5.74, 6) is 2.11. The van der Waals surface area contributed by atoms with E-state index in [1.165, 1.54) is 6.33 Å². The largest absolute Gasteiger partial charge is 0.437 e. The predicted molar refractivity (Wildman–Crippen MR) is 74.5 cm³/mol. The minimum Gasteiger partial charge on any atom is -0.437 e. The molecule has 0 unspecified atom stereocenters.